The minimum Gasteiger partial charge on any atom is -0.327 e. The van der Waals surface area contributed by atoms with Gasteiger partial charge >= 0.3 is 0 Å². The summed E-state index contributed by atoms with van der Waals surface area (Å²) in [5, 5.41) is 0. The van der Waals surface area contributed by atoms with E-state index in [1.54, 1.807) is 0 Å². The molecule has 78 valence electrons. The van der Waals surface area contributed by atoms with Crippen molar-refractivity contribution in [3.63, 3.8) is 0 Å². The number of rotatable bonds is 0. The maximum absolute atomic E-state index is 11.6. The molecular formula is C11H18N2O. The van der Waals surface area contributed by atoms with E-state index in [1.807, 2.05) is 0 Å². The molecule has 3 aliphatic heterocycles. The van der Waals surface area contributed by atoms with Crippen LogP contribution < -0.4 is 0 Å². The van der Waals surface area contributed by atoms with Crippen LogP contribution in [0.3, 0.4) is 0 Å². The maximum Gasteiger partial charge on any atom is 0.223 e. The van der Waals surface area contributed by atoms with Gasteiger partial charge in [0.2, 0.25) is 5.91 Å². The zero-order chi connectivity index (χ0) is 9.54. The number of hydrogen-bond donors (Lipinski definition) is 0. The molecule has 0 spiro atoms. The summed E-state index contributed by atoms with van der Waals surface area (Å²) in [5.41, 5.74) is 0. The van der Waals surface area contributed by atoms with Crippen molar-refractivity contribution in [2.24, 2.45) is 0 Å². The Morgan fingerprint density at radius 1 is 1.07 bits per heavy atom. The molecule has 3 fully saturated rings. The van der Waals surface area contributed by atoms with Crippen molar-refractivity contribution in [2.45, 2.75) is 50.7 Å². The van der Waals surface area contributed by atoms with Crippen molar-refractivity contribution in [2.75, 3.05) is 13.1 Å². The van der Waals surface area contributed by atoms with Crippen LogP contribution >= 0.6 is 0 Å². The fourth-order valence-corrected chi connectivity index (χ4v) is 3.35. The van der Waals surface area contributed by atoms with Crippen LogP contribution in [0.15, 0.2) is 0 Å². The molecule has 0 radical (unpaired) electrons. The van der Waals surface area contributed by atoms with E-state index >= 15 is 0 Å². The van der Waals surface area contributed by atoms with Gasteiger partial charge in [-0.15, -0.1) is 0 Å². The number of carbonyl (C=O) groups excluding carboxylic acids is 1. The highest BCUT2D eigenvalue weighted by Crippen LogP contribution is 2.33. The molecule has 1 amide bonds. The van der Waals surface area contributed by atoms with Gasteiger partial charge in [-0.2, -0.15) is 0 Å². The predicted octanol–water partition coefficient (Wildman–Crippen LogP) is 1.19. The third-order valence-corrected chi connectivity index (χ3v) is 4.06. The van der Waals surface area contributed by atoms with Crippen LogP contribution in [-0.4, -0.2) is 41.0 Å². The van der Waals surface area contributed by atoms with Gasteiger partial charge in [0.1, 0.15) is 0 Å². The zero-order valence-electron chi connectivity index (χ0n) is 8.61. The van der Waals surface area contributed by atoms with Crippen molar-refractivity contribution in [1.29, 1.82) is 0 Å². The molecule has 0 unspecified atom stereocenters. The van der Waals surface area contributed by atoms with Crippen LogP contribution in [0.1, 0.15) is 38.5 Å². The Morgan fingerprint density at radius 2 is 2.00 bits per heavy atom. The second-order valence-corrected chi connectivity index (χ2v) is 4.78. The van der Waals surface area contributed by atoms with E-state index < -0.39 is 0 Å². The lowest BCUT2D eigenvalue weighted by Crippen LogP contribution is -2.57. The van der Waals surface area contributed by atoms with Crippen LogP contribution in [-0.2, 0) is 4.79 Å². The first-order valence-electron chi connectivity index (χ1n) is 5.91. The molecule has 0 aromatic carbocycles. The highest BCUT2D eigenvalue weighted by molar-refractivity contribution is 5.78. The summed E-state index contributed by atoms with van der Waals surface area (Å²) < 4.78 is 0. The van der Waals surface area contributed by atoms with E-state index in [0.29, 0.717) is 12.1 Å². The molecule has 3 rings (SSSR count). The first kappa shape index (κ1) is 8.72. The van der Waals surface area contributed by atoms with Crippen LogP contribution in [0, 0.1) is 0 Å². The normalized spacial score (nSPS) is 38.3. The summed E-state index contributed by atoms with van der Waals surface area (Å²) in [6.07, 6.45) is 7.63. The van der Waals surface area contributed by atoms with Crippen molar-refractivity contribution in [3.05, 3.63) is 0 Å². The molecule has 0 bridgehead atoms. The number of piperidine rings is 1. The molecule has 3 saturated heterocycles. The molecule has 3 heterocycles. The quantitative estimate of drug-likeness (QED) is 0.578. The van der Waals surface area contributed by atoms with E-state index in [1.165, 1.54) is 32.2 Å². The lowest BCUT2D eigenvalue weighted by atomic mass is 9.96. The second-order valence-electron chi connectivity index (χ2n) is 4.78. The highest BCUT2D eigenvalue weighted by Gasteiger charge is 2.42. The fraction of sp³-hybridized carbons (Fsp3) is 0.909. The Labute approximate surface area is 85.1 Å². The maximum atomic E-state index is 11.6. The van der Waals surface area contributed by atoms with Crippen molar-refractivity contribution in [3.8, 4) is 0 Å². The van der Waals surface area contributed by atoms with Gasteiger partial charge in [0, 0.05) is 25.6 Å². The summed E-state index contributed by atoms with van der Waals surface area (Å²) in [6, 6.07) is 0.788. The van der Waals surface area contributed by atoms with Gasteiger partial charge in [0.05, 0.1) is 6.17 Å². The molecule has 3 aliphatic rings. The monoisotopic (exact) mass is 194 g/mol. The Morgan fingerprint density at radius 3 is 2.93 bits per heavy atom. The summed E-state index contributed by atoms with van der Waals surface area (Å²) in [7, 11) is 0. The molecule has 0 aromatic heterocycles. The topological polar surface area (TPSA) is 23.6 Å². The number of hydrogen-bond acceptors (Lipinski definition) is 2. The van der Waals surface area contributed by atoms with E-state index in [4.69, 9.17) is 0 Å². The van der Waals surface area contributed by atoms with Crippen molar-refractivity contribution in [1.82, 2.24) is 9.80 Å². The van der Waals surface area contributed by atoms with Crippen LogP contribution in [0.5, 0.6) is 0 Å². The lowest BCUT2D eigenvalue weighted by Gasteiger charge is -2.47. The van der Waals surface area contributed by atoms with Gasteiger partial charge in [-0.05, 0) is 25.7 Å². The van der Waals surface area contributed by atoms with Gasteiger partial charge in [-0.1, -0.05) is 6.42 Å². The minimum atomic E-state index is 0.388. The number of carbonyl (C=O) groups is 1. The Hall–Kier alpha value is -0.570. The van der Waals surface area contributed by atoms with Gasteiger partial charge in [0.15, 0.2) is 0 Å². The molecule has 0 aromatic rings. The molecule has 0 aliphatic carbocycles. The van der Waals surface area contributed by atoms with Gasteiger partial charge in [-0.25, -0.2) is 0 Å². The van der Waals surface area contributed by atoms with E-state index in [0.717, 1.165) is 25.4 Å². The van der Waals surface area contributed by atoms with Crippen LogP contribution in [0.25, 0.3) is 0 Å². The molecule has 0 N–H and O–H groups in total. The van der Waals surface area contributed by atoms with Crippen LogP contribution in [0.2, 0.25) is 0 Å². The Kier molecular flexibility index (Phi) is 2.01. The first-order valence-corrected chi connectivity index (χ1v) is 5.91. The van der Waals surface area contributed by atoms with E-state index in [2.05, 4.69) is 9.80 Å². The average molecular weight is 194 g/mol. The molecule has 3 heteroatoms. The number of amides is 1. The average Bonchev–Trinajstić information content (AvgIpc) is 2.61. The standard InChI is InChI=1S/C11H18N2O/c14-11-5-4-10-12-7-2-1-3-9(12)6-8-13(10)11/h9-10H,1-8H2/t9-,10+/m0/s1. The van der Waals surface area contributed by atoms with E-state index in [9.17, 15) is 4.79 Å². The van der Waals surface area contributed by atoms with Crippen LogP contribution in [0.4, 0.5) is 0 Å². The third-order valence-electron chi connectivity index (χ3n) is 4.06. The first-order chi connectivity index (χ1) is 6.86. The SMILES string of the molecule is O=C1CC[C@H]2N1CC[C@@H]1CCCCN12. The lowest BCUT2D eigenvalue weighted by molar-refractivity contribution is -0.136. The summed E-state index contributed by atoms with van der Waals surface area (Å²) in [5.74, 6) is 0.388. The molecule has 14 heavy (non-hydrogen) atoms. The Balaban J connectivity index is 1.80. The predicted molar refractivity (Wildman–Crippen MR) is 53.7 cm³/mol. The minimum absolute atomic E-state index is 0.388. The molecule has 3 nitrogen and oxygen atoms in total. The number of nitrogens with zero attached hydrogens (tertiary/aromatic N) is 2. The Bertz CT molecular complexity index is 254. The largest absolute Gasteiger partial charge is 0.327 e. The van der Waals surface area contributed by atoms with E-state index in [-0.39, 0.29) is 0 Å². The summed E-state index contributed by atoms with van der Waals surface area (Å²) in [6.45, 7) is 2.24. The smallest absolute Gasteiger partial charge is 0.223 e. The molecular weight excluding hydrogens is 176 g/mol. The molecule has 0 saturated carbocycles. The molecule has 2 atom stereocenters. The van der Waals surface area contributed by atoms with Gasteiger partial charge in [0.25, 0.3) is 0 Å². The van der Waals surface area contributed by atoms with Crippen molar-refractivity contribution < 1.29 is 4.79 Å². The highest BCUT2D eigenvalue weighted by atomic mass is 16.2. The second kappa shape index (κ2) is 3.23. The number of fused-ring (bicyclic) bond motifs is 3. The zero-order valence-corrected chi connectivity index (χ0v) is 8.61. The van der Waals surface area contributed by atoms with Gasteiger partial charge in [-0.3, -0.25) is 9.69 Å². The summed E-state index contributed by atoms with van der Waals surface area (Å²) >= 11 is 0. The fourth-order valence-electron chi connectivity index (χ4n) is 3.35. The summed E-state index contributed by atoms with van der Waals surface area (Å²) in [4.78, 5) is 16.3. The third kappa shape index (κ3) is 1.18. The van der Waals surface area contributed by atoms with Crippen molar-refractivity contribution >= 4 is 5.91 Å². The van der Waals surface area contributed by atoms with Gasteiger partial charge < -0.3 is 4.90 Å².